The molecule has 4 heteroatoms. The molecule has 1 heterocycles. The second-order valence-electron chi connectivity index (χ2n) is 3.04. The Morgan fingerprint density at radius 1 is 1.31 bits per heavy atom. The molecule has 0 saturated heterocycles. The predicted octanol–water partition coefficient (Wildman–Crippen LogP) is 0.442. The van der Waals surface area contributed by atoms with E-state index in [9.17, 15) is 4.79 Å². The molecule has 0 saturated carbocycles. The van der Waals surface area contributed by atoms with Crippen LogP contribution in [0.3, 0.4) is 0 Å². The minimum atomic E-state index is 0.0234. The molecular formula is C9H16N2O2. The maximum absolute atomic E-state index is 11.5. The molecule has 0 aliphatic rings. The quantitative estimate of drug-likeness (QED) is 0.722. The Hall–Kier alpha value is -1.03. The topological polar surface area (TPSA) is 47.2 Å². The molecule has 13 heavy (non-hydrogen) atoms. The zero-order chi connectivity index (χ0) is 9.68. The van der Waals surface area contributed by atoms with Gasteiger partial charge in [0.1, 0.15) is 0 Å². The van der Waals surface area contributed by atoms with E-state index >= 15 is 0 Å². The lowest BCUT2D eigenvalue weighted by atomic mass is 10.4. The summed E-state index contributed by atoms with van der Waals surface area (Å²) in [5, 5.41) is 8.61. The van der Waals surface area contributed by atoms with Crippen LogP contribution in [0.5, 0.6) is 0 Å². The van der Waals surface area contributed by atoms with Gasteiger partial charge in [-0.15, -0.1) is 0 Å². The average Bonchev–Trinajstić information content (AvgIpc) is 2.46. The number of aryl methyl sites for hydroxylation is 2. The van der Waals surface area contributed by atoms with Crippen LogP contribution in [-0.4, -0.2) is 20.8 Å². The van der Waals surface area contributed by atoms with Gasteiger partial charge in [-0.3, -0.25) is 9.13 Å². The van der Waals surface area contributed by atoms with E-state index in [1.807, 2.05) is 6.92 Å². The van der Waals surface area contributed by atoms with Gasteiger partial charge < -0.3 is 5.11 Å². The maximum atomic E-state index is 11.5. The second-order valence-corrected chi connectivity index (χ2v) is 3.04. The van der Waals surface area contributed by atoms with Crippen LogP contribution >= 0.6 is 0 Å². The minimum absolute atomic E-state index is 0.0234. The molecule has 1 rings (SSSR count). The highest BCUT2D eigenvalue weighted by Gasteiger charge is 2.00. The van der Waals surface area contributed by atoms with Crippen molar-refractivity contribution in [2.24, 2.45) is 0 Å². The van der Waals surface area contributed by atoms with Crippen LogP contribution in [0.1, 0.15) is 19.8 Å². The first-order chi connectivity index (χ1) is 6.29. The third-order valence-electron chi connectivity index (χ3n) is 1.94. The molecule has 0 aliphatic heterocycles. The zero-order valence-electron chi connectivity index (χ0n) is 7.94. The number of hydrogen-bond donors (Lipinski definition) is 1. The van der Waals surface area contributed by atoms with Gasteiger partial charge in [0, 0.05) is 32.1 Å². The Morgan fingerprint density at radius 3 is 2.46 bits per heavy atom. The lowest BCUT2D eigenvalue weighted by Crippen LogP contribution is -2.24. The molecule has 0 spiro atoms. The Kier molecular flexibility index (Phi) is 3.76. The monoisotopic (exact) mass is 184 g/mol. The number of hydrogen-bond acceptors (Lipinski definition) is 2. The summed E-state index contributed by atoms with van der Waals surface area (Å²) in [6, 6.07) is 0. The van der Waals surface area contributed by atoms with E-state index < -0.39 is 0 Å². The summed E-state index contributed by atoms with van der Waals surface area (Å²) >= 11 is 0. The van der Waals surface area contributed by atoms with Crippen LogP contribution in [0.25, 0.3) is 0 Å². The van der Waals surface area contributed by atoms with Crippen molar-refractivity contribution in [1.29, 1.82) is 0 Å². The Labute approximate surface area is 77.4 Å². The fraction of sp³-hybridized carbons (Fsp3) is 0.667. The first-order valence-corrected chi connectivity index (χ1v) is 4.66. The summed E-state index contributed by atoms with van der Waals surface area (Å²) < 4.78 is 3.32. The highest BCUT2D eigenvalue weighted by Crippen LogP contribution is 1.90. The van der Waals surface area contributed by atoms with E-state index in [2.05, 4.69) is 0 Å². The van der Waals surface area contributed by atoms with Crippen molar-refractivity contribution < 1.29 is 5.11 Å². The van der Waals surface area contributed by atoms with Crippen molar-refractivity contribution >= 4 is 0 Å². The van der Waals surface area contributed by atoms with Gasteiger partial charge in [-0.2, -0.15) is 0 Å². The first kappa shape index (κ1) is 10.1. The van der Waals surface area contributed by atoms with Gasteiger partial charge in [0.25, 0.3) is 0 Å². The summed E-state index contributed by atoms with van der Waals surface area (Å²) in [5.74, 6) is 0. The molecule has 0 aromatic carbocycles. The van der Waals surface area contributed by atoms with E-state index in [0.29, 0.717) is 13.0 Å². The molecule has 0 unspecified atom stereocenters. The summed E-state index contributed by atoms with van der Waals surface area (Å²) in [4.78, 5) is 11.5. The van der Waals surface area contributed by atoms with E-state index in [-0.39, 0.29) is 12.3 Å². The fourth-order valence-corrected chi connectivity index (χ4v) is 1.28. The summed E-state index contributed by atoms with van der Waals surface area (Å²) in [5.41, 5.74) is 0.0234. The molecule has 0 fully saturated rings. The van der Waals surface area contributed by atoms with Crippen molar-refractivity contribution in [1.82, 2.24) is 9.13 Å². The van der Waals surface area contributed by atoms with Crippen LogP contribution in [0.15, 0.2) is 17.2 Å². The van der Waals surface area contributed by atoms with Gasteiger partial charge in [-0.05, 0) is 12.8 Å². The number of aromatic nitrogens is 2. The van der Waals surface area contributed by atoms with Crippen LogP contribution in [-0.2, 0) is 13.1 Å². The zero-order valence-corrected chi connectivity index (χ0v) is 7.94. The molecule has 0 amide bonds. The number of aliphatic hydroxyl groups excluding tert-OH is 1. The summed E-state index contributed by atoms with van der Waals surface area (Å²) in [6.07, 6.45) is 5.16. The highest BCUT2D eigenvalue weighted by atomic mass is 16.3. The van der Waals surface area contributed by atoms with E-state index in [1.165, 1.54) is 0 Å². The van der Waals surface area contributed by atoms with Crippen LogP contribution < -0.4 is 5.69 Å². The lowest BCUT2D eigenvalue weighted by molar-refractivity contribution is 0.279. The van der Waals surface area contributed by atoms with E-state index in [4.69, 9.17) is 5.11 Å². The Bertz CT molecular complexity index is 301. The van der Waals surface area contributed by atoms with Crippen molar-refractivity contribution in [3.8, 4) is 0 Å². The number of nitrogens with zero attached hydrogens (tertiary/aromatic N) is 2. The number of imidazole rings is 1. The largest absolute Gasteiger partial charge is 0.396 e. The molecule has 1 N–H and O–H groups in total. The highest BCUT2D eigenvalue weighted by molar-refractivity contribution is 4.81. The van der Waals surface area contributed by atoms with Gasteiger partial charge >= 0.3 is 5.69 Å². The molecule has 74 valence electrons. The predicted molar refractivity (Wildman–Crippen MR) is 50.7 cm³/mol. The minimum Gasteiger partial charge on any atom is -0.396 e. The van der Waals surface area contributed by atoms with Gasteiger partial charge in [-0.25, -0.2) is 4.79 Å². The third-order valence-corrected chi connectivity index (χ3v) is 1.94. The standard InChI is InChI=1S/C9H16N2O2/c1-2-4-10-6-7-11(9(10)13)5-3-8-12/h6-7,12H,2-5,8H2,1H3. The Balaban J connectivity index is 2.69. The fourth-order valence-electron chi connectivity index (χ4n) is 1.28. The van der Waals surface area contributed by atoms with Crippen molar-refractivity contribution in [2.75, 3.05) is 6.61 Å². The van der Waals surface area contributed by atoms with Crippen LogP contribution in [0.4, 0.5) is 0 Å². The second kappa shape index (κ2) is 4.87. The molecule has 4 nitrogen and oxygen atoms in total. The molecule has 1 aromatic heterocycles. The van der Waals surface area contributed by atoms with Crippen molar-refractivity contribution in [3.63, 3.8) is 0 Å². The van der Waals surface area contributed by atoms with Crippen molar-refractivity contribution in [3.05, 3.63) is 22.9 Å². The summed E-state index contributed by atoms with van der Waals surface area (Å²) in [6.45, 7) is 3.54. The van der Waals surface area contributed by atoms with Gasteiger partial charge in [0.2, 0.25) is 0 Å². The first-order valence-electron chi connectivity index (χ1n) is 4.66. The van der Waals surface area contributed by atoms with Crippen molar-refractivity contribution in [2.45, 2.75) is 32.9 Å². The van der Waals surface area contributed by atoms with Crippen LogP contribution in [0, 0.1) is 0 Å². The SMILES string of the molecule is CCCn1ccn(CCCO)c1=O. The van der Waals surface area contributed by atoms with Gasteiger partial charge in [0.05, 0.1) is 0 Å². The lowest BCUT2D eigenvalue weighted by Gasteiger charge is -1.98. The smallest absolute Gasteiger partial charge is 0.328 e. The maximum Gasteiger partial charge on any atom is 0.328 e. The van der Waals surface area contributed by atoms with E-state index in [1.54, 1.807) is 21.5 Å². The van der Waals surface area contributed by atoms with E-state index in [0.717, 1.165) is 13.0 Å². The molecule has 0 bridgehead atoms. The van der Waals surface area contributed by atoms with Crippen LogP contribution in [0.2, 0.25) is 0 Å². The third kappa shape index (κ3) is 2.45. The van der Waals surface area contributed by atoms with Gasteiger partial charge in [-0.1, -0.05) is 6.92 Å². The average molecular weight is 184 g/mol. The normalized spacial score (nSPS) is 10.6. The molecule has 0 atom stereocenters. The molecule has 1 aromatic rings. The van der Waals surface area contributed by atoms with Gasteiger partial charge in [0.15, 0.2) is 0 Å². The summed E-state index contributed by atoms with van der Waals surface area (Å²) in [7, 11) is 0. The molecular weight excluding hydrogens is 168 g/mol. The number of aliphatic hydroxyl groups is 1. The molecule has 0 aliphatic carbocycles. The Morgan fingerprint density at radius 2 is 1.92 bits per heavy atom. The number of rotatable bonds is 5. The molecule has 0 radical (unpaired) electrons.